The Morgan fingerprint density at radius 3 is 2.25 bits per heavy atom. The molecule has 0 atom stereocenters. The van der Waals surface area contributed by atoms with Crippen LogP contribution in [0, 0.1) is 20.8 Å². The number of unbranched alkanes of at least 4 members (excludes halogenated alkanes) is 3. The Morgan fingerprint density at radius 2 is 1.64 bits per heavy atom. The summed E-state index contributed by atoms with van der Waals surface area (Å²) in [7, 11) is 0. The van der Waals surface area contributed by atoms with Crippen molar-refractivity contribution in [3.05, 3.63) is 58.7 Å². The summed E-state index contributed by atoms with van der Waals surface area (Å²) in [6, 6.07) is 11.3. The topological polar surface area (TPSA) is 50.4 Å². The van der Waals surface area contributed by atoms with Gasteiger partial charge in [0.1, 0.15) is 5.75 Å². The molecule has 2 aromatic carbocycles. The first kappa shape index (κ1) is 21.9. The van der Waals surface area contributed by atoms with Gasteiger partial charge in [0.25, 0.3) is 5.91 Å². The van der Waals surface area contributed by atoms with E-state index in [9.17, 15) is 4.79 Å². The fourth-order valence-corrected chi connectivity index (χ4v) is 3.31. The van der Waals surface area contributed by atoms with Crippen LogP contribution in [0.25, 0.3) is 0 Å². The third kappa shape index (κ3) is 6.64. The van der Waals surface area contributed by atoms with E-state index in [0.717, 1.165) is 29.0 Å². The lowest BCUT2D eigenvalue weighted by molar-refractivity contribution is 0.0977. The molecule has 1 amide bonds. The average Bonchev–Trinajstić information content (AvgIpc) is 2.65. The molecule has 0 aromatic heterocycles. The van der Waals surface area contributed by atoms with E-state index >= 15 is 0 Å². The number of rotatable bonds is 8. The van der Waals surface area contributed by atoms with Crippen molar-refractivity contribution < 1.29 is 9.53 Å². The van der Waals surface area contributed by atoms with Crippen molar-refractivity contribution in [1.29, 1.82) is 0 Å². The van der Waals surface area contributed by atoms with Gasteiger partial charge in [0, 0.05) is 11.3 Å². The molecule has 0 spiro atoms. The summed E-state index contributed by atoms with van der Waals surface area (Å²) in [6.45, 7) is 8.99. The third-order valence-electron chi connectivity index (χ3n) is 4.53. The Morgan fingerprint density at radius 1 is 1.00 bits per heavy atom. The highest BCUT2D eigenvalue weighted by atomic mass is 32.1. The van der Waals surface area contributed by atoms with E-state index in [1.807, 2.05) is 26.0 Å². The first-order chi connectivity index (χ1) is 13.4. The molecule has 0 fully saturated rings. The molecule has 0 unspecified atom stereocenters. The molecule has 0 radical (unpaired) electrons. The second kappa shape index (κ2) is 10.8. The molecular formula is C23H30N2O2S. The van der Waals surface area contributed by atoms with E-state index in [1.165, 1.54) is 24.8 Å². The highest BCUT2D eigenvalue weighted by Crippen LogP contribution is 2.21. The molecule has 0 bridgehead atoms. The van der Waals surface area contributed by atoms with Crippen LogP contribution in [0.15, 0.2) is 36.4 Å². The number of carbonyl (C=O) groups is 1. The summed E-state index contributed by atoms with van der Waals surface area (Å²) in [5, 5.41) is 6.17. The molecule has 0 saturated carbocycles. The number of ether oxygens (including phenoxy) is 1. The quantitative estimate of drug-likeness (QED) is 0.442. The summed E-state index contributed by atoms with van der Waals surface area (Å²) in [5.74, 6) is 0.536. The van der Waals surface area contributed by atoms with Gasteiger partial charge in [0.05, 0.1) is 6.61 Å². The number of benzene rings is 2. The van der Waals surface area contributed by atoms with Crippen LogP contribution < -0.4 is 15.4 Å². The molecule has 0 aliphatic rings. The second-order valence-corrected chi connectivity index (χ2v) is 7.52. The maximum Gasteiger partial charge on any atom is 0.257 e. The standard InChI is InChI=1S/C23H30N2O2S/c1-5-6-7-8-13-27-20-11-9-19(10-12-20)22(26)25-23(28)24-21-17(3)14-16(2)15-18(21)4/h9-12,14-15H,5-8,13H2,1-4H3,(H2,24,25,26,28). The molecule has 150 valence electrons. The Labute approximate surface area is 173 Å². The second-order valence-electron chi connectivity index (χ2n) is 7.12. The Balaban J connectivity index is 1.88. The molecule has 2 rings (SSSR count). The molecule has 5 heteroatoms. The van der Waals surface area contributed by atoms with E-state index < -0.39 is 0 Å². The van der Waals surface area contributed by atoms with Crippen LogP contribution in [-0.4, -0.2) is 17.6 Å². The van der Waals surface area contributed by atoms with Crippen molar-refractivity contribution in [3.8, 4) is 5.75 Å². The van der Waals surface area contributed by atoms with Gasteiger partial charge in [-0.2, -0.15) is 0 Å². The molecule has 2 aromatic rings. The highest BCUT2D eigenvalue weighted by molar-refractivity contribution is 7.80. The van der Waals surface area contributed by atoms with Crippen molar-refractivity contribution >= 4 is 28.9 Å². The van der Waals surface area contributed by atoms with Gasteiger partial charge < -0.3 is 10.1 Å². The molecule has 0 aliphatic carbocycles. The number of anilines is 1. The minimum Gasteiger partial charge on any atom is -0.494 e. The van der Waals surface area contributed by atoms with Crippen LogP contribution in [0.1, 0.15) is 59.7 Å². The van der Waals surface area contributed by atoms with Gasteiger partial charge in [-0.1, -0.05) is 43.9 Å². The zero-order valence-electron chi connectivity index (χ0n) is 17.2. The molecule has 4 nitrogen and oxygen atoms in total. The number of nitrogens with one attached hydrogen (secondary N) is 2. The van der Waals surface area contributed by atoms with Crippen molar-refractivity contribution in [2.24, 2.45) is 0 Å². The number of hydrogen-bond acceptors (Lipinski definition) is 3. The van der Waals surface area contributed by atoms with Crippen molar-refractivity contribution in [1.82, 2.24) is 5.32 Å². The number of carbonyl (C=O) groups excluding carboxylic acids is 1. The Hall–Kier alpha value is -2.40. The molecule has 2 N–H and O–H groups in total. The number of thiocarbonyl (C=S) groups is 1. The van der Waals surface area contributed by atoms with Gasteiger partial charge in [0.15, 0.2) is 5.11 Å². The lowest BCUT2D eigenvalue weighted by Crippen LogP contribution is -2.34. The van der Waals surface area contributed by atoms with Gasteiger partial charge in [-0.15, -0.1) is 0 Å². The first-order valence-electron chi connectivity index (χ1n) is 9.83. The van der Waals surface area contributed by atoms with E-state index in [-0.39, 0.29) is 11.0 Å². The summed E-state index contributed by atoms with van der Waals surface area (Å²) in [6.07, 6.45) is 4.68. The number of aryl methyl sites for hydroxylation is 3. The SMILES string of the molecule is CCCCCCOc1ccc(C(=O)NC(=S)Nc2c(C)cc(C)cc2C)cc1. The van der Waals surface area contributed by atoms with Crippen LogP contribution in [0.2, 0.25) is 0 Å². The van der Waals surface area contributed by atoms with Crippen LogP contribution in [-0.2, 0) is 0 Å². The van der Waals surface area contributed by atoms with Gasteiger partial charge >= 0.3 is 0 Å². The van der Waals surface area contributed by atoms with Crippen molar-refractivity contribution in [3.63, 3.8) is 0 Å². The minimum absolute atomic E-state index is 0.241. The molecule has 0 heterocycles. The normalized spacial score (nSPS) is 10.4. The smallest absolute Gasteiger partial charge is 0.257 e. The lowest BCUT2D eigenvalue weighted by atomic mass is 10.1. The van der Waals surface area contributed by atoms with Crippen LogP contribution in [0.4, 0.5) is 5.69 Å². The van der Waals surface area contributed by atoms with Gasteiger partial charge in [0.2, 0.25) is 0 Å². The van der Waals surface area contributed by atoms with Gasteiger partial charge in [-0.3, -0.25) is 10.1 Å². The van der Waals surface area contributed by atoms with Crippen LogP contribution in [0.5, 0.6) is 5.75 Å². The fraction of sp³-hybridized carbons (Fsp3) is 0.391. The third-order valence-corrected chi connectivity index (χ3v) is 4.73. The predicted octanol–water partition coefficient (Wildman–Crippen LogP) is 5.70. The molecule has 0 aliphatic heterocycles. The molecule has 28 heavy (non-hydrogen) atoms. The molecular weight excluding hydrogens is 368 g/mol. The van der Waals surface area contributed by atoms with Gasteiger partial charge in [-0.05, 0) is 74.8 Å². The van der Waals surface area contributed by atoms with Crippen molar-refractivity contribution in [2.45, 2.75) is 53.4 Å². The maximum absolute atomic E-state index is 12.4. The molecule has 0 saturated heterocycles. The monoisotopic (exact) mass is 398 g/mol. The highest BCUT2D eigenvalue weighted by Gasteiger charge is 2.10. The minimum atomic E-state index is -0.241. The summed E-state index contributed by atoms with van der Waals surface area (Å²) < 4.78 is 5.71. The van der Waals surface area contributed by atoms with E-state index in [1.54, 1.807) is 12.1 Å². The van der Waals surface area contributed by atoms with Gasteiger partial charge in [-0.25, -0.2) is 0 Å². The Bertz CT molecular complexity index is 793. The predicted molar refractivity (Wildman–Crippen MR) is 120 cm³/mol. The fourth-order valence-electron chi connectivity index (χ4n) is 3.12. The number of hydrogen-bond donors (Lipinski definition) is 2. The van der Waals surface area contributed by atoms with Crippen LogP contribution >= 0.6 is 12.2 Å². The maximum atomic E-state index is 12.4. The summed E-state index contributed by atoms with van der Waals surface area (Å²) >= 11 is 5.31. The largest absolute Gasteiger partial charge is 0.494 e. The summed E-state index contributed by atoms with van der Waals surface area (Å²) in [5.41, 5.74) is 4.86. The average molecular weight is 399 g/mol. The number of amides is 1. The zero-order chi connectivity index (χ0) is 20.5. The van der Waals surface area contributed by atoms with Crippen LogP contribution in [0.3, 0.4) is 0 Å². The first-order valence-corrected chi connectivity index (χ1v) is 10.2. The Kier molecular flexibility index (Phi) is 8.45. The van der Waals surface area contributed by atoms with E-state index in [4.69, 9.17) is 17.0 Å². The van der Waals surface area contributed by atoms with Crippen molar-refractivity contribution in [2.75, 3.05) is 11.9 Å². The summed E-state index contributed by atoms with van der Waals surface area (Å²) in [4.78, 5) is 12.4. The lowest BCUT2D eigenvalue weighted by Gasteiger charge is -2.15. The van der Waals surface area contributed by atoms with E-state index in [2.05, 4.69) is 36.6 Å². The zero-order valence-corrected chi connectivity index (χ0v) is 18.0. The van der Waals surface area contributed by atoms with E-state index in [0.29, 0.717) is 12.2 Å².